The molecule has 0 saturated heterocycles. The van der Waals surface area contributed by atoms with E-state index in [9.17, 15) is 32.9 Å². The molecule has 11 heteroatoms. The van der Waals surface area contributed by atoms with E-state index in [2.05, 4.69) is 4.74 Å². The Morgan fingerprint density at radius 3 is 2.44 bits per heavy atom. The smallest absolute Gasteiger partial charge is 0.389 e. The van der Waals surface area contributed by atoms with Crippen LogP contribution in [0.2, 0.25) is 0 Å². The molecule has 0 aliphatic carbocycles. The lowest BCUT2D eigenvalue weighted by molar-refractivity contribution is -0.386. The van der Waals surface area contributed by atoms with Gasteiger partial charge >= 0.3 is 12.0 Å². The highest BCUT2D eigenvalue weighted by molar-refractivity contribution is 6.68. The summed E-state index contributed by atoms with van der Waals surface area (Å²) < 4.78 is 39.2. The summed E-state index contributed by atoms with van der Waals surface area (Å²) in [6, 6.07) is 0. The molecule has 1 heterocycles. The topological polar surface area (TPSA) is 102 Å². The fraction of sp³-hybridized carbons (Fsp3) is 0.143. The molecule has 1 rings (SSSR count). The summed E-state index contributed by atoms with van der Waals surface area (Å²) in [6.45, 7) is 0. The van der Waals surface area contributed by atoms with Crippen LogP contribution in [-0.2, 0) is 0 Å². The highest BCUT2D eigenvalue weighted by atomic mass is 35.5. The molecule has 1 aromatic heterocycles. The number of hydrogen-bond acceptors (Lipinski definition) is 5. The molecular formula is C7H2ClF3N2O5. The van der Waals surface area contributed by atoms with Gasteiger partial charge in [-0.05, 0) is 11.6 Å². The third kappa shape index (κ3) is 2.97. The van der Waals surface area contributed by atoms with Gasteiger partial charge in [-0.25, -0.2) is 0 Å². The molecule has 7 nitrogen and oxygen atoms in total. The fourth-order valence-electron chi connectivity index (χ4n) is 1.01. The van der Waals surface area contributed by atoms with Gasteiger partial charge < -0.3 is 9.72 Å². The molecule has 0 fully saturated rings. The predicted octanol–water partition coefficient (Wildman–Crippen LogP) is 1.56. The van der Waals surface area contributed by atoms with Crippen LogP contribution in [0.5, 0.6) is 5.88 Å². The molecule has 0 bridgehead atoms. The minimum absolute atomic E-state index is 0.368. The Hall–Kier alpha value is -2.10. The summed E-state index contributed by atoms with van der Waals surface area (Å²) in [5.41, 5.74) is -3.99. The number of nitrogens with one attached hydrogen (secondary N) is 1. The summed E-state index contributed by atoms with van der Waals surface area (Å²) in [4.78, 5) is 33.0. The molecule has 0 unspecified atom stereocenters. The van der Waals surface area contributed by atoms with E-state index in [1.54, 1.807) is 4.98 Å². The lowest BCUT2D eigenvalue weighted by Gasteiger charge is -2.10. The van der Waals surface area contributed by atoms with Crippen molar-refractivity contribution in [1.82, 2.24) is 4.98 Å². The first-order valence-corrected chi connectivity index (χ1v) is 4.37. The number of nitrogens with zero attached hydrogens (tertiary/aromatic N) is 1. The van der Waals surface area contributed by atoms with Crippen molar-refractivity contribution in [2.24, 2.45) is 0 Å². The van der Waals surface area contributed by atoms with Gasteiger partial charge in [-0.2, -0.15) is 0 Å². The number of alkyl halides is 3. The molecule has 0 aromatic carbocycles. The Kier molecular flexibility index (Phi) is 3.60. The lowest BCUT2D eigenvalue weighted by atomic mass is 10.2. The van der Waals surface area contributed by atoms with E-state index < -0.39 is 39.1 Å². The van der Waals surface area contributed by atoms with Gasteiger partial charge in [0.1, 0.15) is 5.56 Å². The monoisotopic (exact) mass is 286 g/mol. The second-order valence-corrected chi connectivity index (χ2v) is 3.13. The second-order valence-electron chi connectivity index (χ2n) is 2.79. The molecule has 0 radical (unpaired) electrons. The van der Waals surface area contributed by atoms with Crippen LogP contribution in [0.25, 0.3) is 0 Å². The number of rotatable bonds is 3. The molecule has 0 spiro atoms. The Labute approximate surface area is 100 Å². The average molecular weight is 287 g/mol. The summed E-state index contributed by atoms with van der Waals surface area (Å²) >= 11 is 4.89. The normalized spacial score (nSPS) is 11.1. The maximum atomic E-state index is 11.9. The van der Waals surface area contributed by atoms with Gasteiger partial charge in [-0.1, -0.05) is 0 Å². The van der Waals surface area contributed by atoms with Gasteiger partial charge in [0, 0.05) is 0 Å². The minimum Gasteiger partial charge on any atom is -0.389 e. The van der Waals surface area contributed by atoms with Gasteiger partial charge in [0.05, 0.1) is 11.1 Å². The number of carbonyl (C=O) groups excluding carboxylic acids is 1. The number of halogens is 4. The molecule has 98 valence electrons. The lowest BCUT2D eigenvalue weighted by Crippen LogP contribution is -2.24. The summed E-state index contributed by atoms with van der Waals surface area (Å²) in [6.07, 6.45) is -4.83. The highest BCUT2D eigenvalue weighted by Crippen LogP contribution is 2.24. The number of H-pyrrole nitrogens is 1. The van der Waals surface area contributed by atoms with Crippen LogP contribution in [0.3, 0.4) is 0 Å². The molecule has 0 atom stereocenters. The zero-order valence-electron chi connectivity index (χ0n) is 8.08. The number of nitro groups is 1. The Morgan fingerprint density at radius 1 is 1.50 bits per heavy atom. The van der Waals surface area contributed by atoms with Crippen LogP contribution < -0.4 is 10.2 Å². The number of pyridine rings is 1. The molecule has 0 saturated carbocycles. The van der Waals surface area contributed by atoms with Gasteiger partial charge in [0.2, 0.25) is 5.88 Å². The van der Waals surface area contributed by atoms with Crippen molar-refractivity contribution in [1.29, 1.82) is 0 Å². The van der Waals surface area contributed by atoms with Crippen LogP contribution in [0, 0.1) is 10.1 Å². The fourth-order valence-corrected chi connectivity index (χ4v) is 1.18. The predicted molar refractivity (Wildman–Crippen MR) is 50.6 cm³/mol. The van der Waals surface area contributed by atoms with Crippen LogP contribution in [0.15, 0.2) is 11.0 Å². The van der Waals surface area contributed by atoms with Crippen molar-refractivity contribution in [3.8, 4) is 5.88 Å². The molecule has 0 amide bonds. The Bertz CT molecular complexity index is 567. The van der Waals surface area contributed by atoms with E-state index in [0.717, 1.165) is 0 Å². The summed E-state index contributed by atoms with van der Waals surface area (Å²) in [5, 5.41) is 8.75. The molecule has 18 heavy (non-hydrogen) atoms. The van der Waals surface area contributed by atoms with E-state index in [1.807, 2.05) is 0 Å². The quantitative estimate of drug-likeness (QED) is 0.516. The standard InChI is InChI=1S/C7H2ClF3N2O5/c8-5(15)3-4(14)2(13(16)17)1-12-6(3)18-7(9,10)11/h1H,(H,12,14). The van der Waals surface area contributed by atoms with Crippen molar-refractivity contribution in [3.63, 3.8) is 0 Å². The first kappa shape index (κ1) is 14.0. The highest BCUT2D eigenvalue weighted by Gasteiger charge is 2.35. The third-order valence-electron chi connectivity index (χ3n) is 1.64. The van der Waals surface area contributed by atoms with Crippen molar-refractivity contribution < 1.29 is 27.6 Å². The number of carbonyl (C=O) groups is 1. The van der Waals surface area contributed by atoms with Gasteiger partial charge in [-0.15, -0.1) is 13.2 Å². The van der Waals surface area contributed by atoms with Gasteiger partial charge in [0.25, 0.3) is 10.7 Å². The van der Waals surface area contributed by atoms with E-state index in [4.69, 9.17) is 11.6 Å². The van der Waals surface area contributed by atoms with Crippen LogP contribution in [-0.4, -0.2) is 21.5 Å². The summed E-state index contributed by atoms with van der Waals surface area (Å²) in [5.74, 6) is -1.31. The first-order chi connectivity index (χ1) is 8.13. The maximum Gasteiger partial charge on any atom is 0.574 e. The summed E-state index contributed by atoms with van der Waals surface area (Å²) in [7, 11) is 0. The average Bonchev–Trinajstić information content (AvgIpc) is 2.13. The van der Waals surface area contributed by atoms with Crippen molar-refractivity contribution >= 4 is 22.5 Å². The number of hydrogen-bond donors (Lipinski definition) is 1. The molecule has 0 aliphatic rings. The van der Waals surface area contributed by atoms with E-state index >= 15 is 0 Å². The van der Waals surface area contributed by atoms with Crippen LogP contribution in [0.4, 0.5) is 18.9 Å². The number of aromatic amines is 1. The largest absolute Gasteiger partial charge is 0.574 e. The zero-order chi connectivity index (χ0) is 14.1. The van der Waals surface area contributed by atoms with Crippen molar-refractivity contribution in [3.05, 3.63) is 32.1 Å². The Balaban J connectivity index is 3.47. The van der Waals surface area contributed by atoms with Gasteiger partial charge in [0.15, 0.2) is 0 Å². The third-order valence-corrected chi connectivity index (χ3v) is 1.83. The molecule has 0 aliphatic heterocycles. The van der Waals surface area contributed by atoms with E-state index in [-0.39, 0.29) is 0 Å². The zero-order valence-corrected chi connectivity index (χ0v) is 8.83. The molecule has 1 N–H and O–H groups in total. The van der Waals surface area contributed by atoms with E-state index in [0.29, 0.717) is 6.20 Å². The number of aromatic nitrogens is 1. The molecular weight excluding hydrogens is 285 g/mol. The first-order valence-electron chi connectivity index (χ1n) is 3.99. The maximum absolute atomic E-state index is 11.9. The number of ether oxygens (including phenoxy) is 1. The SMILES string of the molecule is O=C(Cl)c1c(OC(F)(F)F)[nH]cc([N+](=O)[O-])c1=O. The van der Waals surface area contributed by atoms with Crippen molar-refractivity contribution in [2.75, 3.05) is 0 Å². The van der Waals surface area contributed by atoms with Crippen LogP contribution in [0.1, 0.15) is 10.4 Å². The minimum atomic E-state index is -5.19. The van der Waals surface area contributed by atoms with Crippen LogP contribution >= 0.6 is 11.6 Å². The van der Waals surface area contributed by atoms with Crippen molar-refractivity contribution in [2.45, 2.75) is 6.36 Å². The van der Waals surface area contributed by atoms with E-state index in [1.165, 1.54) is 0 Å². The Morgan fingerprint density at radius 2 is 2.06 bits per heavy atom. The molecule has 1 aromatic rings. The second kappa shape index (κ2) is 4.64. The van der Waals surface area contributed by atoms with Gasteiger partial charge in [-0.3, -0.25) is 19.7 Å².